The van der Waals surface area contributed by atoms with Crippen molar-refractivity contribution in [1.82, 2.24) is 4.90 Å². The molecule has 0 amide bonds. The van der Waals surface area contributed by atoms with E-state index in [0.29, 0.717) is 0 Å². The van der Waals surface area contributed by atoms with Crippen LogP contribution in [0.4, 0.5) is 0 Å². The molecule has 0 aromatic heterocycles. The fourth-order valence-corrected chi connectivity index (χ4v) is 2.98. The minimum absolute atomic E-state index is 0.774. The molecule has 3 atom stereocenters. The van der Waals surface area contributed by atoms with Crippen LogP contribution in [0.3, 0.4) is 0 Å². The van der Waals surface area contributed by atoms with Gasteiger partial charge in [0.05, 0.1) is 0 Å². The van der Waals surface area contributed by atoms with Gasteiger partial charge in [-0.25, -0.2) is 0 Å². The van der Waals surface area contributed by atoms with Crippen LogP contribution in [0.1, 0.15) is 40.5 Å². The first kappa shape index (κ1) is 9.11. The van der Waals surface area contributed by atoms with Gasteiger partial charge in [-0.1, -0.05) is 13.8 Å². The highest BCUT2D eigenvalue weighted by atomic mass is 15.2. The van der Waals surface area contributed by atoms with Crippen LogP contribution in [0.5, 0.6) is 0 Å². The normalized spacial score (nSPS) is 38.4. The minimum Gasteiger partial charge on any atom is -0.366 e. The monoisotopic (exact) mass is 179 g/mol. The molecule has 3 unspecified atom stereocenters. The summed E-state index contributed by atoms with van der Waals surface area (Å²) in [7, 11) is 0. The summed E-state index contributed by atoms with van der Waals surface area (Å²) in [6, 6.07) is 1.55. The second kappa shape index (κ2) is 3.04. The molecule has 1 saturated heterocycles. The molecule has 0 radical (unpaired) electrons. The van der Waals surface area contributed by atoms with Crippen LogP contribution in [0.15, 0.2) is 11.8 Å². The van der Waals surface area contributed by atoms with Crippen molar-refractivity contribution in [3.63, 3.8) is 0 Å². The van der Waals surface area contributed by atoms with Gasteiger partial charge in [-0.05, 0) is 44.6 Å². The predicted octanol–water partition coefficient (Wildman–Crippen LogP) is 3.03. The average Bonchev–Trinajstić information content (AvgIpc) is 2.00. The van der Waals surface area contributed by atoms with Gasteiger partial charge < -0.3 is 4.90 Å². The van der Waals surface area contributed by atoms with E-state index in [1.54, 1.807) is 0 Å². The highest BCUT2D eigenvalue weighted by Crippen LogP contribution is 2.40. The molecule has 0 saturated carbocycles. The van der Waals surface area contributed by atoms with Crippen molar-refractivity contribution in [3.05, 3.63) is 11.8 Å². The van der Waals surface area contributed by atoms with Crippen LogP contribution < -0.4 is 0 Å². The minimum atomic E-state index is 0.774. The van der Waals surface area contributed by atoms with Crippen molar-refractivity contribution in [2.24, 2.45) is 11.8 Å². The van der Waals surface area contributed by atoms with Crippen molar-refractivity contribution in [2.45, 2.75) is 52.6 Å². The molecular weight excluding hydrogens is 158 g/mol. The third kappa shape index (κ3) is 1.38. The molecular formula is C12H21N. The van der Waals surface area contributed by atoms with Gasteiger partial charge >= 0.3 is 0 Å². The zero-order valence-corrected chi connectivity index (χ0v) is 9.25. The Bertz CT molecular complexity index is 229. The molecule has 0 N–H and O–H groups in total. The van der Waals surface area contributed by atoms with Gasteiger partial charge in [0.15, 0.2) is 0 Å². The Labute approximate surface area is 81.8 Å². The van der Waals surface area contributed by atoms with E-state index < -0.39 is 0 Å². The van der Waals surface area contributed by atoms with Gasteiger partial charge in [0.1, 0.15) is 0 Å². The van der Waals surface area contributed by atoms with Crippen molar-refractivity contribution in [2.75, 3.05) is 0 Å². The molecule has 2 aliphatic rings. The summed E-state index contributed by atoms with van der Waals surface area (Å²) >= 11 is 0. The van der Waals surface area contributed by atoms with Gasteiger partial charge in [-0.15, -0.1) is 0 Å². The number of allylic oxidation sites excluding steroid dienone is 1. The molecule has 0 bridgehead atoms. The maximum absolute atomic E-state index is 2.60. The Kier molecular flexibility index (Phi) is 2.13. The van der Waals surface area contributed by atoms with E-state index in [9.17, 15) is 0 Å². The summed E-state index contributed by atoms with van der Waals surface area (Å²) in [5.74, 6) is 1.81. The van der Waals surface area contributed by atoms with Crippen LogP contribution in [0.25, 0.3) is 0 Å². The second-order valence-corrected chi connectivity index (χ2v) is 5.11. The van der Waals surface area contributed by atoms with E-state index in [0.717, 1.165) is 23.9 Å². The van der Waals surface area contributed by atoms with Gasteiger partial charge in [-0.3, -0.25) is 0 Å². The van der Waals surface area contributed by atoms with E-state index in [-0.39, 0.29) is 0 Å². The standard InChI is InChI=1S/C12H21N/c1-8(2)11-5-9(3)13-10(4)6-12(13)7-11/h6,8-9,11-12H,5,7H2,1-4H3. The maximum Gasteiger partial charge on any atom is 0.0495 e. The van der Waals surface area contributed by atoms with Crippen LogP contribution in [0, 0.1) is 11.8 Å². The quantitative estimate of drug-likeness (QED) is 0.598. The van der Waals surface area contributed by atoms with Crippen molar-refractivity contribution >= 4 is 0 Å². The summed E-state index contributed by atoms with van der Waals surface area (Å²) in [6.45, 7) is 9.34. The molecule has 74 valence electrons. The summed E-state index contributed by atoms with van der Waals surface area (Å²) in [6.07, 6.45) is 5.21. The number of fused-ring (bicyclic) bond motifs is 1. The molecule has 1 nitrogen and oxygen atoms in total. The zero-order valence-electron chi connectivity index (χ0n) is 9.25. The highest BCUT2D eigenvalue weighted by molar-refractivity contribution is 5.20. The lowest BCUT2D eigenvalue weighted by Crippen LogP contribution is -2.52. The van der Waals surface area contributed by atoms with Crippen LogP contribution in [0.2, 0.25) is 0 Å². The molecule has 13 heavy (non-hydrogen) atoms. The largest absolute Gasteiger partial charge is 0.366 e. The number of nitrogens with zero attached hydrogens (tertiary/aromatic N) is 1. The van der Waals surface area contributed by atoms with Crippen molar-refractivity contribution in [3.8, 4) is 0 Å². The average molecular weight is 179 g/mol. The number of hydrogen-bond donors (Lipinski definition) is 0. The molecule has 0 aliphatic carbocycles. The van der Waals surface area contributed by atoms with Gasteiger partial charge in [0.25, 0.3) is 0 Å². The van der Waals surface area contributed by atoms with E-state index in [1.165, 1.54) is 18.5 Å². The topological polar surface area (TPSA) is 3.24 Å². The van der Waals surface area contributed by atoms with Gasteiger partial charge in [-0.2, -0.15) is 0 Å². The Morgan fingerprint density at radius 3 is 2.54 bits per heavy atom. The number of rotatable bonds is 1. The Morgan fingerprint density at radius 2 is 2.08 bits per heavy atom. The fraction of sp³-hybridized carbons (Fsp3) is 0.833. The number of hydrogen-bond acceptors (Lipinski definition) is 1. The third-order valence-electron chi connectivity index (χ3n) is 3.80. The molecule has 0 aromatic carbocycles. The third-order valence-corrected chi connectivity index (χ3v) is 3.80. The Balaban J connectivity index is 2.06. The smallest absolute Gasteiger partial charge is 0.0495 e. The van der Waals surface area contributed by atoms with Gasteiger partial charge in [0, 0.05) is 17.8 Å². The van der Waals surface area contributed by atoms with E-state index in [2.05, 4.69) is 38.7 Å². The Morgan fingerprint density at radius 1 is 1.38 bits per heavy atom. The molecule has 0 aromatic rings. The van der Waals surface area contributed by atoms with Crippen molar-refractivity contribution < 1.29 is 0 Å². The lowest BCUT2D eigenvalue weighted by molar-refractivity contribution is 0.0729. The summed E-state index contributed by atoms with van der Waals surface area (Å²) in [5, 5.41) is 0. The van der Waals surface area contributed by atoms with Crippen LogP contribution >= 0.6 is 0 Å². The predicted molar refractivity (Wildman–Crippen MR) is 56.4 cm³/mol. The van der Waals surface area contributed by atoms with Gasteiger partial charge in [0.2, 0.25) is 0 Å². The van der Waals surface area contributed by atoms with Crippen LogP contribution in [-0.2, 0) is 0 Å². The SMILES string of the molecule is CC1=CC2CC(C(C)C)CC(C)N12. The molecule has 2 rings (SSSR count). The first-order chi connectivity index (χ1) is 6.09. The van der Waals surface area contributed by atoms with Crippen LogP contribution in [-0.4, -0.2) is 17.0 Å². The molecule has 1 heteroatoms. The fourth-order valence-electron chi connectivity index (χ4n) is 2.98. The Hall–Kier alpha value is -0.460. The molecule has 2 heterocycles. The van der Waals surface area contributed by atoms with E-state index in [1.807, 2.05) is 0 Å². The van der Waals surface area contributed by atoms with E-state index in [4.69, 9.17) is 0 Å². The lowest BCUT2D eigenvalue weighted by atomic mass is 9.77. The molecule has 0 spiro atoms. The second-order valence-electron chi connectivity index (χ2n) is 5.11. The molecule has 2 aliphatic heterocycles. The zero-order chi connectivity index (χ0) is 9.59. The first-order valence-electron chi connectivity index (χ1n) is 5.56. The summed E-state index contributed by atoms with van der Waals surface area (Å²) in [4.78, 5) is 2.60. The van der Waals surface area contributed by atoms with Crippen molar-refractivity contribution in [1.29, 1.82) is 0 Å². The maximum atomic E-state index is 2.60. The molecule has 1 fully saturated rings. The first-order valence-corrected chi connectivity index (χ1v) is 5.56. The lowest BCUT2D eigenvalue weighted by Gasteiger charge is -2.51. The highest BCUT2D eigenvalue weighted by Gasteiger charge is 2.38. The van der Waals surface area contributed by atoms with E-state index >= 15 is 0 Å². The number of piperidine rings is 1. The summed E-state index contributed by atoms with van der Waals surface area (Å²) < 4.78 is 0. The summed E-state index contributed by atoms with van der Waals surface area (Å²) in [5.41, 5.74) is 1.50.